The Labute approximate surface area is 156 Å². The van der Waals surface area contributed by atoms with Crippen molar-refractivity contribution in [3.05, 3.63) is 35.4 Å². The highest BCUT2D eigenvalue weighted by Gasteiger charge is 2.32. The molecule has 1 aliphatic heterocycles. The topological polar surface area (TPSA) is 79.3 Å². The summed E-state index contributed by atoms with van der Waals surface area (Å²) in [6, 6.07) is 10.2. The van der Waals surface area contributed by atoms with Crippen LogP contribution in [0, 0.1) is 11.3 Å². The van der Waals surface area contributed by atoms with Crippen LogP contribution in [0.3, 0.4) is 0 Å². The highest BCUT2D eigenvalue weighted by atomic mass is 16.5. The number of nitriles is 1. The first kappa shape index (κ1) is 18.9. The summed E-state index contributed by atoms with van der Waals surface area (Å²) < 4.78 is 6.18. The zero-order valence-corrected chi connectivity index (χ0v) is 15.6. The first-order valence-corrected chi connectivity index (χ1v) is 9.73. The molecular weight excluding hydrogens is 326 g/mol. The Morgan fingerprint density at radius 1 is 1.31 bits per heavy atom. The molecule has 0 bridgehead atoms. The van der Waals surface area contributed by atoms with Gasteiger partial charge in [-0.1, -0.05) is 12.1 Å². The maximum Gasteiger partial charge on any atom is 0.219 e. The molecule has 1 aliphatic carbocycles. The van der Waals surface area contributed by atoms with Crippen LogP contribution >= 0.6 is 0 Å². The Bertz CT molecular complexity index is 661. The van der Waals surface area contributed by atoms with E-state index in [0.29, 0.717) is 12.5 Å². The van der Waals surface area contributed by atoms with Gasteiger partial charge < -0.3 is 15.4 Å². The molecule has 3 rings (SSSR count). The summed E-state index contributed by atoms with van der Waals surface area (Å²) >= 11 is 0. The lowest BCUT2D eigenvalue weighted by molar-refractivity contribution is -0.135. The molecule has 0 aromatic heterocycles. The average Bonchev–Trinajstić information content (AvgIpc) is 2.67. The van der Waals surface area contributed by atoms with Gasteiger partial charge in [0.1, 0.15) is 0 Å². The van der Waals surface area contributed by atoms with Gasteiger partial charge in [0.2, 0.25) is 5.91 Å². The smallest absolute Gasteiger partial charge is 0.219 e. The second-order valence-electron chi connectivity index (χ2n) is 7.63. The van der Waals surface area contributed by atoms with Gasteiger partial charge in [0.15, 0.2) is 0 Å². The van der Waals surface area contributed by atoms with Crippen LogP contribution in [0.2, 0.25) is 0 Å². The number of ether oxygens (including phenoxy) is 1. The van der Waals surface area contributed by atoms with Gasteiger partial charge in [-0.25, -0.2) is 0 Å². The van der Waals surface area contributed by atoms with Crippen LogP contribution in [0.15, 0.2) is 24.3 Å². The number of hydrogen-bond acceptors (Lipinski definition) is 4. The number of hydrogen-bond donors (Lipinski definition) is 1. The molecule has 26 heavy (non-hydrogen) atoms. The maximum atomic E-state index is 11.8. The van der Waals surface area contributed by atoms with Gasteiger partial charge in [-0.2, -0.15) is 5.26 Å². The van der Waals surface area contributed by atoms with Crippen molar-refractivity contribution in [1.82, 2.24) is 4.90 Å². The number of carbonyl (C=O) groups excluding carboxylic acids is 1. The van der Waals surface area contributed by atoms with E-state index in [1.165, 1.54) is 5.56 Å². The molecule has 2 atom stereocenters. The summed E-state index contributed by atoms with van der Waals surface area (Å²) in [7, 11) is 0. The van der Waals surface area contributed by atoms with Crippen molar-refractivity contribution < 1.29 is 9.53 Å². The van der Waals surface area contributed by atoms with Crippen LogP contribution in [0.1, 0.15) is 62.5 Å². The van der Waals surface area contributed by atoms with E-state index in [2.05, 4.69) is 12.1 Å². The lowest BCUT2D eigenvalue weighted by atomic mass is 9.82. The van der Waals surface area contributed by atoms with Crippen LogP contribution in [-0.2, 0) is 9.53 Å². The average molecular weight is 355 g/mol. The van der Waals surface area contributed by atoms with E-state index in [9.17, 15) is 4.79 Å². The van der Waals surface area contributed by atoms with Crippen molar-refractivity contribution in [3.8, 4) is 6.07 Å². The number of amides is 1. The number of benzene rings is 1. The minimum absolute atomic E-state index is 0.00582. The fourth-order valence-electron chi connectivity index (χ4n) is 4.35. The van der Waals surface area contributed by atoms with E-state index in [1.807, 2.05) is 23.1 Å². The fourth-order valence-corrected chi connectivity index (χ4v) is 4.35. The van der Waals surface area contributed by atoms with Crippen molar-refractivity contribution in [3.63, 3.8) is 0 Å². The largest absolute Gasteiger partial charge is 0.376 e. The molecule has 2 fully saturated rings. The van der Waals surface area contributed by atoms with Crippen molar-refractivity contribution in [1.29, 1.82) is 5.26 Å². The van der Waals surface area contributed by atoms with Gasteiger partial charge in [-0.3, -0.25) is 4.79 Å². The summed E-state index contributed by atoms with van der Waals surface area (Å²) in [5, 5.41) is 9.07. The summed E-state index contributed by atoms with van der Waals surface area (Å²) in [6.45, 7) is 2.95. The number of piperidine rings is 1. The summed E-state index contributed by atoms with van der Waals surface area (Å²) in [5.41, 5.74) is 8.24. The van der Waals surface area contributed by atoms with E-state index in [1.54, 1.807) is 6.92 Å². The Kier molecular flexibility index (Phi) is 6.29. The van der Waals surface area contributed by atoms with Crippen molar-refractivity contribution in [2.24, 2.45) is 5.73 Å². The van der Waals surface area contributed by atoms with Gasteiger partial charge in [-0.05, 0) is 62.1 Å². The Balaban J connectivity index is 1.50. The first-order valence-electron chi connectivity index (χ1n) is 9.73. The molecule has 1 aromatic carbocycles. The van der Waals surface area contributed by atoms with E-state index >= 15 is 0 Å². The van der Waals surface area contributed by atoms with Crippen LogP contribution < -0.4 is 5.73 Å². The molecule has 1 aromatic rings. The lowest BCUT2D eigenvalue weighted by Gasteiger charge is -2.40. The molecule has 1 saturated carbocycles. The van der Waals surface area contributed by atoms with Crippen LogP contribution in [-0.4, -0.2) is 42.1 Å². The maximum absolute atomic E-state index is 11.8. The molecule has 1 heterocycles. The summed E-state index contributed by atoms with van der Waals surface area (Å²) in [6.07, 6.45) is 6.37. The zero-order valence-electron chi connectivity index (χ0n) is 15.6. The molecule has 0 spiro atoms. The molecule has 1 saturated heterocycles. The number of likely N-dealkylation sites (tertiary alicyclic amines) is 1. The monoisotopic (exact) mass is 355 g/mol. The number of carbonyl (C=O) groups is 1. The molecule has 5 heteroatoms. The van der Waals surface area contributed by atoms with Crippen LogP contribution in [0.25, 0.3) is 0 Å². The Morgan fingerprint density at radius 3 is 2.77 bits per heavy atom. The number of nitrogens with zero attached hydrogens (tertiary/aromatic N) is 2. The summed E-state index contributed by atoms with van der Waals surface area (Å²) in [5.74, 6) is 0.601. The van der Waals surface area contributed by atoms with E-state index in [4.69, 9.17) is 15.7 Å². The van der Waals surface area contributed by atoms with Gasteiger partial charge in [0.05, 0.1) is 30.4 Å². The van der Waals surface area contributed by atoms with E-state index in [-0.39, 0.29) is 24.1 Å². The molecule has 0 unspecified atom stereocenters. The third-order valence-corrected chi connectivity index (χ3v) is 5.90. The highest BCUT2D eigenvalue weighted by Crippen LogP contribution is 2.34. The van der Waals surface area contributed by atoms with Crippen LogP contribution in [0.4, 0.5) is 0 Å². The Morgan fingerprint density at radius 2 is 2.08 bits per heavy atom. The number of nitrogens with two attached hydrogens (primary N) is 1. The predicted octanol–water partition coefficient (Wildman–Crippen LogP) is 2.94. The Hall–Kier alpha value is -1.90. The standard InChI is InChI=1S/C21H29N3O2/c1-15(25)24-11-3-6-20(23)21(24)14-26-19-9-7-17(8-10-19)18-5-2-4-16(12-18)13-22/h2,4-5,12,17,19-21H,3,6-11,14,23H2,1H3/t17?,19?,20-,21-/m0/s1. The third kappa shape index (κ3) is 4.44. The zero-order chi connectivity index (χ0) is 18.5. The minimum Gasteiger partial charge on any atom is -0.376 e. The molecule has 0 radical (unpaired) electrons. The molecule has 140 valence electrons. The SMILES string of the molecule is CC(=O)N1CCC[C@H](N)[C@@H]1COC1CCC(c2cccc(C#N)c2)CC1. The molecule has 1 amide bonds. The van der Waals surface area contributed by atoms with Crippen molar-refractivity contribution >= 4 is 5.91 Å². The predicted molar refractivity (Wildman–Crippen MR) is 100 cm³/mol. The van der Waals surface area contributed by atoms with Crippen LogP contribution in [0.5, 0.6) is 0 Å². The van der Waals surface area contributed by atoms with Crippen molar-refractivity contribution in [2.45, 2.75) is 69.6 Å². The molecular formula is C21H29N3O2. The molecule has 2 aliphatic rings. The van der Waals surface area contributed by atoms with E-state index in [0.717, 1.165) is 50.6 Å². The van der Waals surface area contributed by atoms with Gasteiger partial charge in [0.25, 0.3) is 0 Å². The lowest BCUT2D eigenvalue weighted by Crippen LogP contribution is -2.56. The van der Waals surface area contributed by atoms with Gasteiger partial charge in [-0.15, -0.1) is 0 Å². The van der Waals surface area contributed by atoms with Gasteiger partial charge >= 0.3 is 0 Å². The molecule has 2 N–H and O–H groups in total. The van der Waals surface area contributed by atoms with Crippen molar-refractivity contribution in [2.75, 3.05) is 13.2 Å². The summed E-state index contributed by atoms with van der Waals surface area (Å²) in [4.78, 5) is 13.7. The fraction of sp³-hybridized carbons (Fsp3) is 0.619. The highest BCUT2D eigenvalue weighted by molar-refractivity contribution is 5.73. The molecule has 5 nitrogen and oxygen atoms in total. The van der Waals surface area contributed by atoms with Gasteiger partial charge in [0, 0.05) is 19.5 Å². The van der Waals surface area contributed by atoms with E-state index < -0.39 is 0 Å². The number of rotatable bonds is 4. The second-order valence-corrected chi connectivity index (χ2v) is 7.63. The normalized spacial score (nSPS) is 29.2. The first-order chi connectivity index (χ1) is 12.6. The second kappa shape index (κ2) is 8.66. The quantitative estimate of drug-likeness (QED) is 0.900. The minimum atomic E-state index is 0.00582. The third-order valence-electron chi connectivity index (χ3n) is 5.90.